The first-order valence-electron chi connectivity index (χ1n) is 10.1. The molecule has 33 heavy (non-hydrogen) atoms. The number of amides is 1. The third kappa shape index (κ3) is 6.17. The summed E-state index contributed by atoms with van der Waals surface area (Å²) in [7, 11) is 0. The summed E-state index contributed by atoms with van der Waals surface area (Å²) < 4.78 is 11.8. The highest BCUT2D eigenvalue weighted by molar-refractivity contribution is 14.1. The van der Waals surface area contributed by atoms with Crippen molar-refractivity contribution in [3.63, 3.8) is 0 Å². The molecule has 0 radical (unpaired) electrons. The van der Waals surface area contributed by atoms with Gasteiger partial charge in [-0.3, -0.25) is 4.79 Å². The van der Waals surface area contributed by atoms with E-state index >= 15 is 0 Å². The van der Waals surface area contributed by atoms with Gasteiger partial charge in [-0.2, -0.15) is 5.10 Å². The minimum absolute atomic E-state index is 0.150. The van der Waals surface area contributed by atoms with Gasteiger partial charge in [0.2, 0.25) is 0 Å². The van der Waals surface area contributed by atoms with Gasteiger partial charge in [-0.15, -0.1) is 0 Å². The molecule has 0 aliphatic rings. The van der Waals surface area contributed by atoms with E-state index in [4.69, 9.17) is 9.47 Å². The number of carbonyl (C=O) groups excluding carboxylic acids is 2. The topological polar surface area (TPSA) is 77.0 Å². The van der Waals surface area contributed by atoms with E-state index in [2.05, 4.69) is 33.1 Å². The second-order valence-corrected chi connectivity index (χ2v) is 8.19. The molecule has 0 heterocycles. The number of carbonyl (C=O) groups is 2. The maximum absolute atomic E-state index is 12.3. The predicted octanol–water partition coefficient (Wildman–Crippen LogP) is 5.19. The van der Waals surface area contributed by atoms with Gasteiger partial charge in [0, 0.05) is 3.57 Å². The number of hydrogen-bond acceptors (Lipinski definition) is 5. The van der Waals surface area contributed by atoms with Crippen molar-refractivity contribution >= 4 is 51.5 Å². The lowest BCUT2D eigenvalue weighted by Gasteiger charge is -2.06. The van der Waals surface area contributed by atoms with Crippen LogP contribution in [0.25, 0.3) is 10.8 Å². The van der Waals surface area contributed by atoms with E-state index < -0.39 is 5.97 Å². The van der Waals surface area contributed by atoms with Crippen LogP contribution < -0.4 is 14.9 Å². The molecule has 0 saturated heterocycles. The molecule has 0 aliphatic heterocycles. The molecule has 1 N–H and O–H groups in total. The third-order valence-corrected chi connectivity index (χ3v) is 5.62. The Kier molecular flexibility index (Phi) is 7.31. The van der Waals surface area contributed by atoms with Crippen LogP contribution in [0.2, 0.25) is 0 Å². The van der Waals surface area contributed by atoms with Crippen molar-refractivity contribution < 1.29 is 19.1 Å². The smallest absolute Gasteiger partial charge is 0.344 e. The number of esters is 1. The van der Waals surface area contributed by atoms with Crippen molar-refractivity contribution in [2.24, 2.45) is 5.10 Å². The Morgan fingerprint density at radius 2 is 1.55 bits per heavy atom. The molecule has 7 heteroatoms. The molecule has 0 unspecified atom stereocenters. The van der Waals surface area contributed by atoms with Gasteiger partial charge in [0.1, 0.15) is 11.5 Å². The normalized spacial score (nSPS) is 10.8. The quantitative estimate of drug-likeness (QED) is 0.113. The van der Waals surface area contributed by atoms with Gasteiger partial charge in [0.25, 0.3) is 5.91 Å². The summed E-state index contributed by atoms with van der Waals surface area (Å²) in [6.07, 6.45) is 1.50. The maximum atomic E-state index is 12.3. The second-order valence-electron chi connectivity index (χ2n) is 7.03. The van der Waals surface area contributed by atoms with E-state index in [1.54, 1.807) is 36.4 Å². The van der Waals surface area contributed by atoms with E-state index in [0.717, 1.165) is 19.9 Å². The zero-order chi connectivity index (χ0) is 23.0. The van der Waals surface area contributed by atoms with Crippen molar-refractivity contribution in [1.82, 2.24) is 5.43 Å². The molecule has 164 valence electrons. The van der Waals surface area contributed by atoms with Crippen molar-refractivity contribution in [3.8, 4) is 11.5 Å². The molecule has 0 aliphatic carbocycles. The largest absolute Gasteiger partial charge is 0.484 e. The van der Waals surface area contributed by atoms with E-state index in [0.29, 0.717) is 17.1 Å². The fraction of sp³-hybridized carbons (Fsp3) is 0.0385. The van der Waals surface area contributed by atoms with Gasteiger partial charge in [0.15, 0.2) is 6.61 Å². The van der Waals surface area contributed by atoms with Crippen LogP contribution in [0.1, 0.15) is 15.9 Å². The van der Waals surface area contributed by atoms with Crippen molar-refractivity contribution in [1.29, 1.82) is 0 Å². The summed E-state index contributed by atoms with van der Waals surface area (Å²) in [4.78, 5) is 24.3. The number of fused-ring (bicyclic) bond motifs is 1. The number of hydrazone groups is 1. The molecule has 0 saturated carbocycles. The number of ether oxygens (including phenoxy) is 2. The second kappa shape index (κ2) is 10.7. The number of benzene rings is 4. The molecule has 0 fully saturated rings. The molecule has 6 nitrogen and oxygen atoms in total. The molecule has 4 aromatic carbocycles. The summed E-state index contributed by atoms with van der Waals surface area (Å²) in [6, 6.07) is 27.6. The van der Waals surface area contributed by atoms with E-state index in [9.17, 15) is 9.59 Å². The van der Waals surface area contributed by atoms with E-state index in [1.807, 2.05) is 54.6 Å². The maximum Gasteiger partial charge on any atom is 0.344 e. The predicted molar refractivity (Wildman–Crippen MR) is 136 cm³/mol. The highest BCUT2D eigenvalue weighted by atomic mass is 127. The Hall–Kier alpha value is -3.72. The zero-order valence-corrected chi connectivity index (χ0v) is 19.6. The molecule has 0 spiro atoms. The van der Waals surface area contributed by atoms with Gasteiger partial charge in [-0.25, -0.2) is 10.2 Å². The minimum atomic E-state index is -0.417. The van der Waals surface area contributed by atoms with Gasteiger partial charge in [0.05, 0.1) is 11.8 Å². The van der Waals surface area contributed by atoms with Crippen molar-refractivity contribution in [2.75, 3.05) is 6.61 Å². The van der Waals surface area contributed by atoms with Gasteiger partial charge < -0.3 is 9.47 Å². The van der Waals surface area contributed by atoms with Crippen LogP contribution in [0.5, 0.6) is 11.5 Å². The molecule has 0 aromatic heterocycles. The molecular formula is C26H19IN2O4. The SMILES string of the molecule is O=C(COc1ccc2ccccc2c1)NN=Cc1ccc(OC(=O)c2ccccc2I)cc1. The van der Waals surface area contributed by atoms with Crippen molar-refractivity contribution in [3.05, 3.63) is 106 Å². The van der Waals surface area contributed by atoms with Gasteiger partial charge in [-0.05, 0) is 87.5 Å². The summed E-state index contributed by atoms with van der Waals surface area (Å²) >= 11 is 2.09. The lowest BCUT2D eigenvalue weighted by molar-refractivity contribution is -0.123. The standard InChI is InChI=1S/C26H19IN2O4/c27-24-8-4-3-7-23(24)26(31)33-21-12-9-18(10-13-21)16-28-29-25(30)17-32-22-14-11-19-5-1-2-6-20(19)15-22/h1-16H,17H2,(H,29,30). The third-order valence-electron chi connectivity index (χ3n) is 4.68. The first kappa shape index (κ1) is 22.5. The van der Waals surface area contributed by atoms with E-state index in [-0.39, 0.29) is 12.5 Å². The van der Waals surface area contributed by atoms with Gasteiger partial charge in [-0.1, -0.05) is 42.5 Å². The molecule has 0 bridgehead atoms. The van der Waals surface area contributed by atoms with Crippen LogP contribution in [0.4, 0.5) is 0 Å². The number of nitrogens with one attached hydrogen (secondary N) is 1. The number of halogens is 1. The van der Waals surface area contributed by atoms with Crippen LogP contribution in [0.3, 0.4) is 0 Å². The molecular weight excluding hydrogens is 531 g/mol. The summed E-state index contributed by atoms with van der Waals surface area (Å²) in [5.74, 6) is 0.246. The van der Waals surface area contributed by atoms with Crippen LogP contribution in [0, 0.1) is 3.57 Å². The van der Waals surface area contributed by atoms with Crippen LogP contribution in [-0.2, 0) is 4.79 Å². The first-order valence-corrected chi connectivity index (χ1v) is 11.2. The minimum Gasteiger partial charge on any atom is -0.484 e. The summed E-state index contributed by atoms with van der Waals surface area (Å²) in [5, 5.41) is 6.09. The monoisotopic (exact) mass is 550 g/mol. The average Bonchev–Trinajstić information content (AvgIpc) is 2.84. The molecule has 1 amide bonds. The average molecular weight is 550 g/mol. The number of hydrogen-bond donors (Lipinski definition) is 1. The van der Waals surface area contributed by atoms with Crippen LogP contribution in [0.15, 0.2) is 96.1 Å². The highest BCUT2D eigenvalue weighted by Crippen LogP contribution is 2.20. The zero-order valence-electron chi connectivity index (χ0n) is 17.4. The summed E-state index contributed by atoms with van der Waals surface area (Å²) in [5.41, 5.74) is 3.68. The molecule has 4 rings (SSSR count). The molecule has 4 aromatic rings. The Bertz CT molecular complexity index is 1320. The Morgan fingerprint density at radius 3 is 2.33 bits per heavy atom. The van der Waals surface area contributed by atoms with Crippen molar-refractivity contribution in [2.45, 2.75) is 0 Å². The highest BCUT2D eigenvalue weighted by Gasteiger charge is 2.11. The Morgan fingerprint density at radius 1 is 0.848 bits per heavy atom. The van der Waals surface area contributed by atoms with Crippen LogP contribution >= 0.6 is 22.6 Å². The Balaban J connectivity index is 1.26. The number of rotatable bonds is 7. The number of nitrogens with zero attached hydrogens (tertiary/aromatic N) is 1. The Labute approximate surface area is 204 Å². The van der Waals surface area contributed by atoms with E-state index in [1.165, 1.54) is 6.21 Å². The fourth-order valence-corrected chi connectivity index (χ4v) is 3.64. The fourth-order valence-electron chi connectivity index (χ4n) is 3.03. The van der Waals surface area contributed by atoms with Gasteiger partial charge >= 0.3 is 5.97 Å². The summed E-state index contributed by atoms with van der Waals surface area (Å²) in [6.45, 7) is -0.150. The lowest BCUT2D eigenvalue weighted by Crippen LogP contribution is -2.24. The lowest BCUT2D eigenvalue weighted by atomic mass is 10.1. The molecule has 0 atom stereocenters. The first-order chi connectivity index (χ1) is 16.1. The van der Waals surface area contributed by atoms with Crippen LogP contribution in [-0.4, -0.2) is 24.7 Å².